The zero-order valence-electron chi connectivity index (χ0n) is 13.0. The molecular formula is C18H24N2O2. The van der Waals surface area contributed by atoms with Crippen molar-refractivity contribution in [3.63, 3.8) is 0 Å². The highest BCUT2D eigenvalue weighted by Gasteiger charge is 2.19. The zero-order valence-corrected chi connectivity index (χ0v) is 13.0. The molecule has 2 N–H and O–H groups in total. The average Bonchev–Trinajstić information content (AvgIpc) is 3.07. The molecule has 4 nitrogen and oxygen atoms in total. The van der Waals surface area contributed by atoms with Crippen LogP contribution >= 0.6 is 0 Å². The number of aliphatic hydroxyl groups excluding tert-OH is 1. The number of nitrogens with one attached hydrogen (secondary N) is 1. The molecule has 0 radical (unpaired) electrons. The van der Waals surface area contributed by atoms with Crippen LogP contribution in [0.25, 0.3) is 0 Å². The van der Waals surface area contributed by atoms with Gasteiger partial charge in [0.2, 0.25) is 0 Å². The highest BCUT2D eigenvalue weighted by molar-refractivity contribution is 5.29. The van der Waals surface area contributed by atoms with Crippen LogP contribution in [0.2, 0.25) is 0 Å². The number of fused-ring (bicyclic) bond motifs is 1. The number of furan rings is 1. The fourth-order valence-electron chi connectivity index (χ4n) is 3.02. The van der Waals surface area contributed by atoms with E-state index >= 15 is 0 Å². The number of hydrogen-bond acceptors (Lipinski definition) is 4. The van der Waals surface area contributed by atoms with Crippen molar-refractivity contribution >= 4 is 0 Å². The molecule has 2 aromatic rings. The van der Waals surface area contributed by atoms with Crippen LogP contribution in [-0.4, -0.2) is 35.7 Å². The number of benzene rings is 1. The monoisotopic (exact) mass is 300 g/mol. The van der Waals surface area contributed by atoms with E-state index in [9.17, 15) is 5.11 Å². The van der Waals surface area contributed by atoms with Gasteiger partial charge in [-0.15, -0.1) is 0 Å². The van der Waals surface area contributed by atoms with Gasteiger partial charge in [-0.3, -0.25) is 4.90 Å². The zero-order chi connectivity index (χ0) is 15.4. The van der Waals surface area contributed by atoms with E-state index in [0.29, 0.717) is 13.1 Å². The Hall–Kier alpha value is -1.62. The summed E-state index contributed by atoms with van der Waals surface area (Å²) in [4.78, 5) is 2.33. The van der Waals surface area contributed by atoms with Crippen molar-refractivity contribution in [1.82, 2.24) is 10.2 Å². The normalized spacial score (nSPS) is 17.9. The van der Waals surface area contributed by atoms with Crippen LogP contribution in [0.5, 0.6) is 0 Å². The van der Waals surface area contributed by atoms with Crippen LogP contribution in [0.3, 0.4) is 0 Å². The Morgan fingerprint density at radius 2 is 2.05 bits per heavy atom. The lowest BCUT2D eigenvalue weighted by Crippen LogP contribution is -2.41. The van der Waals surface area contributed by atoms with Crippen molar-refractivity contribution in [3.8, 4) is 0 Å². The molecule has 1 aromatic heterocycles. The van der Waals surface area contributed by atoms with E-state index in [1.165, 1.54) is 11.1 Å². The molecule has 0 fully saturated rings. The second-order valence-corrected chi connectivity index (χ2v) is 6.05. The van der Waals surface area contributed by atoms with Crippen molar-refractivity contribution < 1.29 is 9.52 Å². The van der Waals surface area contributed by atoms with E-state index in [2.05, 4.69) is 34.5 Å². The highest BCUT2D eigenvalue weighted by Crippen LogP contribution is 2.18. The fraction of sp³-hybridized carbons (Fsp3) is 0.444. The minimum atomic E-state index is -0.373. The predicted molar refractivity (Wildman–Crippen MR) is 86.6 cm³/mol. The van der Waals surface area contributed by atoms with Gasteiger partial charge in [0.25, 0.3) is 0 Å². The number of β-amino-alcohol motifs (C(OH)–C–C–N with tert-alkyl or cyclic N) is 1. The topological polar surface area (TPSA) is 48.6 Å². The molecule has 0 bridgehead atoms. The second kappa shape index (κ2) is 7.09. The molecular weight excluding hydrogens is 276 g/mol. The Morgan fingerprint density at radius 3 is 2.82 bits per heavy atom. The first kappa shape index (κ1) is 15.3. The lowest BCUT2D eigenvalue weighted by Gasteiger charge is -2.30. The van der Waals surface area contributed by atoms with Gasteiger partial charge in [0.1, 0.15) is 5.76 Å². The summed E-state index contributed by atoms with van der Waals surface area (Å²) in [6.45, 7) is 5.26. The third kappa shape index (κ3) is 3.77. The molecule has 2 unspecified atom stereocenters. The van der Waals surface area contributed by atoms with Gasteiger partial charge in [-0.05, 0) is 36.6 Å². The van der Waals surface area contributed by atoms with Gasteiger partial charge >= 0.3 is 0 Å². The third-order valence-electron chi connectivity index (χ3n) is 4.31. The predicted octanol–water partition coefficient (Wildman–Crippen LogP) is 2.35. The highest BCUT2D eigenvalue weighted by atomic mass is 16.3. The SMILES string of the molecule is CC(NCC(O)CN1CCc2ccccc2C1)c1ccco1. The molecule has 118 valence electrons. The maximum Gasteiger partial charge on any atom is 0.120 e. The summed E-state index contributed by atoms with van der Waals surface area (Å²) in [7, 11) is 0. The van der Waals surface area contributed by atoms with Crippen molar-refractivity contribution in [2.45, 2.75) is 32.0 Å². The molecule has 0 saturated heterocycles. The number of hydrogen-bond donors (Lipinski definition) is 2. The molecule has 2 atom stereocenters. The van der Waals surface area contributed by atoms with Crippen molar-refractivity contribution in [1.29, 1.82) is 0 Å². The van der Waals surface area contributed by atoms with Gasteiger partial charge in [-0.1, -0.05) is 24.3 Å². The first-order chi connectivity index (χ1) is 10.7. The molecule has 3 rings (SSSR count). The lowest BCUT2D eigenvalue weighted by atomic mass is 10.00. The van der Waals surface area contributed by atoms with Gasteiger partial charge in [-0.2, -0.15) is 0 Å². The van der Waals surface area contributed by atoms with E-state index < -0.39 is 0 Å². The van der Waals surface area contributed by atoms with Crippen LogP contribution in [0.15, 0.2) is 47.1 Å². The Kier molecular flexibility index (Phi) is 4.93. The second-order valence-electron chi connectivity index (χ2n) is 6.05. The molecule has 0 saturated carbocycles. The van der Waals surface area contributed by atoms with Crippen molar-refractivity contribution in [3.05, 3.63) is 59.5 Å². The molecule has 4 heteroatoms. The molecule has 22 heavy (non-hydrogen) atoms. The molecule has 0 spiro atoms. The van der Waals surface area contributed by atoms with Gasteiger partial charge in [-0.25, -0.2) is 0 Å². The fourth-order valence-corrected chi connectivity index (χ4v) is 3.02. The number of rotatable bonds is 6. The Morgan fingerprint density at radius 1 is 1.23 bits per heavy atom. The standard InChI is InChI=1S/C18H24N2O2/c1-14(18-7-4-10-22-18)19-11-17(21)13-20-9-8-15-5-2-3-6-16(15)12-20/h2-7,10,14,17,19,21H,8-9,11-13H2,1H3. The largest absolute Gasteiger partial charge is 0.468 e. The van der Waals surface area contributed by atoms with Crippen LogP contribution in [0, 0.1) is 0 Å². The average molecular weight is 300 g/mol. The maximum atomic E-state index is 10.3. The Bertz CT molecular complexity index is 583. The van der Waals surface area contributed by atoms with E-state index in [4.69, 9.17) is 4.42 Å². The van der Waals surface area contributed by atoms with Crippen molar-refractivity contribution in [2.24, 2.45) is 0 Å². The summed E-state index contributed by atoms with van der Waals surface area (Å²) in [5, 5.41) is 13.6. The molecule has 1 aliphatic rings. The summed E-state index contributed by atoms with van der Waals surface area (Å²) in [6, 6.07) is 12.5. The van der Waals surface area contributed by atoms with Crippen LogP contribution in [-0.2, 0) is 13.0 Å². The van der Waals surface area contributed by atoms with E-state index in [1.807, 2.05) is 19.1 Å². The van der Waals surface area contributed by atoms with E-state index in [1.54, 1.807) is 6.26 Å². The van der Waals surface area contributed by atoms with Gasteiger partial charge < -0.3 is 14.8 Å². The first-order valence-electron chi connectivity index (χ1n) is 7.96. The molecule has 0 amide bonds. The number of nitrogens with zero attached hydrogens (tertiary/aromatic N) is 1. The number of aliphatic hydroxyl groups is 1. The van der Waals surface area contributed by atoms with Gasteiger partial charge in [0, 0.05) is 26.2 Å². The summed E-state index contributed by atoms with van der Waals surface area (Å²) >= 11 is 0. The summed E-state index contributed by atoms with van der Waals surface area (Å²) in [6.07, 6.45) is 2.37. The smallest absolute Gasteiger partial charge is 0.120 e. The van der Waals surface area contributed by atoms with Crippen molar-refractivity contribution in [2.75, 3.05) is 19.6 Å². The molecule has 1 aromatic carbocycles. The summed E-state index contributed by atoms with van der Waals surface area (Å²) < 4.78 is 5.36. The Labute approximate surface area is 131 Å². The summed E-state index contributed by atoms with van der Waals surface area (Å²) in [5.74, 6) is 0.902. The first-order valence-corrected chi connectivity index (χ1v) is 7.96. The van der Waals surface area contributed by atoms with E-state index in [-0.39, 0.29) is 12.1 Å². The minimum absolute atomic E-state index is 0.117. The minimum Gasteiger partial charge on any atom is -0.468 e. The lowest BCUT2D eigenvalue weighted by molar-refractivity contribution is 0.102. The van der Waals surface area contributed by atoms with Crippen LogP contribution in [0.1, 0.15) is 29.9 Å². The molecule has 2 heterocycles. The van der Waals surface area contributed by atoms with Gasteiger partial charge in [0.05, 0.1) is 18.4 Å². The molecule has 0 aliphatic carbocycles. The van der Waals surface area contributed by atoms with Crippen LogP contribution in [0.4, 0.5) is 0 Å². The van der Waals surface area contributed by atoms with Gasteiger partial charge in [0.15, 0.2) is 0 Å². The molecule has 1 aliphatic heterocycles. The maximum absolute atomic E-state index is 10.3. The van der Waals surface area contributed by atoms with E-state index in [0.717, 1.165) is 25.3 Å². The van der Waals surface area contributed by atoms with Crippen LogP contribution < -0.4 is 5.32 Å². The Balaban J connectivity index is 1.45. The quantitative estimate of drug-likeness (QED) is 0.860. The summed E-state index contributed by atoms with van der Waals surface area (Å²) in [5.41, 5.74) is 2.83. The third-order valence-corrected chi connectivity index (χ3v) is 4.31.